The van der Waals surface area contributed by atoms with Gasteiger partial charge in [-0.05, 0) is 98.4 Å². The molecular formula is C26H23NS. The van der Waals surface area contributed by atoms with Gasteiger partial charge in [-0.3, -0.25) is 0 Å². The van der Waals surface area contributed by atoms with Gasteiger partial charge >= 0.3 is 0 Å². The van der Waals surface area contributed by atoms with E-state index in [1.165, 1.54) is 27.8 Å². The Hall–Kier alpha value is -2.98. The van der Waals surface area contributed by atoms with Crippen LogP contribution in [0.25, 0.3) is 11.1 Å². The van der Waals surface area contributed by atoms with Gasteiger partial charge < -0.3 is 0 Å². The molecule has 0 aliphatic heterocycles. The minimum atomic E-state index is 0.863. The molecular weight excluding hydrogens is 358 g/mol. The van der Waals surface area contributed by atoms with Crippen molar-refractivity contribution in [3.8, 4) is 23.0 Å². The van der Waals surface area contributed by atoms with Crippen LogP contribution in [0.3, 0.4) is 0 Å². The summed E-state index contributed by atoms with van der Waals surface area (Å²) in [5.74, 6) is 6.74. The van der Waals surface area contributed by atoms with Crippen molar-refractivity contribution in [1.29, 1.82) is 0 Å². The molecule has 0 saturated heterocycles. The summed E-state index contributed by atoms with van der Waals surface area (Å²) in [5, 5.41) is 2.43. The van der Waals surface area contributed by atoms with E-state index in [2.05, 4.69) is 92.2 Å². The first-order valence-corrected chi connectivity index (χ1v) is 9.69. The number of thiocarbonyl (C=S) groups is 1. The Morgan fingerprint density at radius 2 is 1.29 bits per heavy atom. The fraction of sp³-hybridized carbons (Fsp3) is 0.192. The average molecular weight is 382 g/mol. The Morgan fingerprint density at radius 1 is 0.679 bits per heavy atom. The van der Waals surface area contributed by atoms with Crippen LogP contribution in [0.4, 0.5) is 5.69 Å². The van der Waals surface area contributed by atoms with E-state index < -0.39 is 0 Å². The van der Waals surface area contributed by atoms with Gasteiger partial charge in [0.2, 0.25) is 0 Å². The highest BCUT2D eigenvalue weighted by Crippen LogP contribution is 2.27. The second kappa shape index (κ2) is 8.36. The molecule has 2 heteroatoms. The van der Waals surface area contributed by atoms with Gasteiger partial charge in [0.1, 0.15) is 0 Å². The smallest absolute Gasteiger partial charge is 0.0769 e. The van der Waals surface area contributed by atoms with Crippen molar-refractivity contribution in [1.82, 2.24) is 0 Å². The Bertz CT molecular complexity index is 1150. The first-order valence-electron chi connectivity index (χ1n) is 9.28. The molecule has 0 aliphatic carbocycles. The molecule has 0 bridgehead atoms. The van der Waals surface area contributed by atoms with Gasteiger partial charge in [0.25, 0.3) is 0 Å². The predicted molar refractivity (Wildman–Crippen MR) is 123 cm³/mol. The predicted octanol–water partition coefficient (Wildman–Crippen LogP) is 7.03. The first kappa shape index (κ1) is 19.8. The molecule has 3 aromatic rings. The zero-order valence-electron chi connectivity index (χ0n) is 17.0. The molecule has 28 heavy (non-hydrogen) atoms. The molecule has 3 rings (SSSR count). The molecule has 0 aliphatic rings. The van der Waals surface area contributed by atoms with Gasteiger partial charge in [0.05, 0.1) is 10.8 Å². The second-order valence-corrected chi connectivity index (χ2v) is 7.44. The lowest BCUT2D eigenvalue weighted by Gasteiger charge is -2.08. The van der Waals surface area contributed by atoms with Gasteiger partial charge in [0.15, 0.2) is 0 Å². The van der Waals surface area contributed by atoms with Crippen LogP contribution in [0.1, 0.15) is 38.9 Å². The van der Waals surface area contributed by atoms with Gasteiger partial charge in [-0.2, -0.15) is 4.99 Å². The van der Waals surface area contributed by atoms with Crippen LogP contribution in [0.15, 0.2) is 53.5 Å². The van der Waals surface area contributed by atoms with Crippen molar-refractivity contribution in [2.45, 2.75) is 34.6 Å². The number of rotatable bonds is 2. The summed E-state index contributed by atoms with van der Waals surface area (Å²) < 4.78 is 0. The Morgan fingerprint density at radius 3 is 1.86 bits per heavy atom. The van der Waals surface area contributed by atoms with E-state index in [9.17, 15) is 0 Å². The van der Waals surface area contributed by atoms with Crippen molar-refractivity contribution in [2.24, 2.45) is 4.99 Å². The zero-order chi connectivity index (χ0) is 20.3. The molecule has 0 fully saturated rings. The number of hydrogen-bond acceptors (Lipinski definition) is 2. The van der Waals surface area contributed by atoms with Gasteiger partial charge in [-0.1, -0.05) is 47.7 Å². The highest BCUT2D eigenvalue weighted by atomic mass is 32.1. The Labute approximate surface area is 173 Å². The molecule has 138 valence electrons. The van der Waals surface area contributed by atoms with Crippen molar-refractivity contribution >= 4 is 23.1 Å². The number of hydrogen-bond donors (Lipinski definition) is 0. The van der Waals surface area contributed by atoms with Crippen LogP contribution in [0, 0.1) is 46.5 Å². The third-order valence-corrected chi connectivity index (χ3v) is 5.01. The molecule has 0 amide bonds. The summed E-state index contributed by atoms with van der Waals surface area (Å²) in [4.78, 5) is 4.09. The SMILES string of the molecule is Cc1cc(C)c(C#Cc2ccc(-c3ccc(N=C=S)c(C)c3)cc2C)c(C)c1. The van der Waals surface area contributed by atoms with Crippen molar-refractivity contribution in [3.63, 3.8) is 0 Å². The molecule has 0 radical (unpaired) electrons. The first-order chi connectivity index (χ1) is 13.4. The zero-order valence-corrected chi connectivity index (χ0v) is 17.8. The molecule has 0 atom stereocenters. The van der Waals surface area contributed by atoms with Crippen LogP contribution in [-0.4, -0.2) is 5.16 Å². The summed E-state index contributed by atoms with van der Waals surface area (Å²) in [6.45, 7) is 10.5. The summed E-state index contributed by atoms with van der Waals surface area (Å²) >= 11 is 4.70. The molecule has 0 N–H and O–H groups in total. The van der Waals surface area contributed by atoms with E-state index >= 15 is 0 Å². The van der Waals surface area contributed by atoms with E-state index in [-0.39, 0.29) is 0 Å². The molecule has 3 aromatic carbocycles. The monoisotopic (exact) mass is 381 g/mol. The molecule has 0 spiro atoms. The number of isothiocyanates is 1. The van der Waals surface area contributed by atoms with E-state index in [4.69, 9.17) is 12.2 Å². The average Bonchev–Trinajstić information content (AvgIpc) is 2.63. The van der Waals surface area contributed by atoms with Crippen LogP contribution in [-0.2, 0) is 0 Å². The highest BCUT2D eigenvalue weighted by molar-refractivity contribution is 7.78. The van der Waals surface area contributed by atoms with Gasteiger partial charge in [-0.15, -0.1) is 0 Å². The Balaban J connectivity index is 1.95. The fourth-order valence-electron chi connectivity index (χ4n) is 3.50. The molecule has 0 aromatic heterocycles. The van der Waals surface area contributed by atoms with E-state index in [1.54, 1.807) is 0 Å². The topological polar surface area (TPSA) is 12.4 Å². The minimum Gasteiger partial charge on any atom is -0.194 e. The third kappa shape index (κ3) is 4.29. The number of benzene rings is 3. The van der Waals surface area contributed by atoms with Crippen LogP contribution >= 0.6 is 12.2 Å². The lowest BCUT2D eigenvalue weighted by molar-refractivity contribution is 1.30. The quantitative estimate of drug-likeness (QED) is 0.264. The Kier molecular flexibility index (Phi) is 5.90. The van der Waals surface area contributed by atoms with Gasteiger partial charge in [-0.25, -0.2) is 0 Å². The van der Waals surface area contributed by atoms with Crippen molar-refractivity contribution in [3.05, 3.63) is 87.5 Å². The standard InChI is InChI=1S/C26H23NS/c1-17-12-19(3)25(20(4)13-17)10-8-22-6-7-23(14-18(22)2)24-9-11-26(27-16-28)21(5)15-24/h6-7,9,11-15H,1-5H3. The largest absolute Gasteiger partial charge is 0.194 e. The maximum atomic E-state index is 4.70. The second-order valence-electron chi connectivity index (χ2n) is 7.26. The van der Waals surface area contributed by atoms with Crippen molar-refractivity contribution < 1.29 is 0 Å². The summed E-state index contributed by atoms with van der Waals surface area (Å²) in [6, 6.07) is 17.0. The van der Waals surface area contributed by atoms with Gasteiger partial charge in [0, 0.05) is 11.1 Å². The molecule has 0 saturated carbocycles. The normalized spacial score (nSPS) is 10.0. The molecule has 0 unspecified atom stereocenters. The van der Waals surface area contributed by atoms with E-state index in [0.29, 0.717) is 0 Å². The van der Waals surface area contributed by atoms with Crippen molar-refractivity contribution in [2.75, 3.05) is 0 Å². The fourth-order valence-corrected chi connectivity index (χ4v) is 3.60. The maximum Gasteiger partial charge on any atom is 0.0769 e. The van der Waals surface area contributed by atoms with E-state index in [0.717, 1.165) is 27.9 Å². The minimum absolute atomic E-state index is 0.863. The summed E-state index contributed by atoms with van der Waals surface area (Å²) in [7, 11) is 0. The van der Waals surface area contributed by atoms with Crippen LogP contribution in [0.5, 0.6) is 0 Å². The summed E-state index contributed by atoms with van der Waals surface area (Å²) in [6.07, 6.45) is 0. The number of nitrogens with zero attached hydrogens (tertiary/aromatic N) is 1. The lowest BCUT2D eigenvalue weighted by Crippen LogP contribution is -1.90. The summed E-state index contributed by atoms with van der Waals surface area (Å²) in [5.41, 5.74) is 11.4. The molecule has 1 nitrogen and oxygen atoms in total. The van der Waals surface area contributed by atoms with Crippen LogP contribution < -0.4 is 0 Å². The number of aliphatic imine (C=N–C) groups is 1. The molecule has 0 heterocycles. The maximum absolute atomic E-state index is 4.70. The van der Waals surface area contributed by atoms with E-state index in [1.807, 2.05) is 13.0 Å². The third-order valence-electron chi connectivity index (χ3n) is 4.92. The highest BCUT2D eigenvalue weighted by Gasteiger charge is 2.05. The lowest BCUT2D eigenvalue weighted by atomic mass is 9.97. The number of aryl methyl sites for hydroxylation is 5. The van der Waals surface area contributed by atoms with Crippen LogP contribution in [0.2, 0.25) is 0 Å².